The number of amides is 1. The lowest BCUT2D eigenvalue weighted by atomic mass is 10.1. The summed E-state index contributed by atoms with van der Waals surface area (Å²) in [5.41, 5.74) is 0.357. The molecule has 1 fully saturated rings. The highest BCUT2D eigenvalue weighted by molar-refractivity contribution is 9.10. The summed E-state index contributed by atoms with van der Waals surface area (Å²) in [6.07, 6.45) is -4.44. The third kappa shape index (κ3) is 6.88. The number of hydrogen-bond donors (Lipinski definition) is 0. The van der Waals surface area contributed by atoms with Crippen molar-refractivity contribution in [1.82, 2.24) is 9.21 Å². The van der Waals surface area contributed by atoms with Crippen LogP contribution in [0.4, 0.5) is 18.9 Å². The predicted octanol–water partition coefficient (Wildman–Crippen LogP) is 5.66. The van der Waals surface area contributed by atoms with Crippen molar-refractivity contribution in [3.8, 4) is 0 Å². The van der Waals surface area contributed by atoms with E-state index in [4.69, 9.17) is 11.6 Å². The van der Waals surface area contributed by atoms with Gasteiger partial charge in [0.05, 0.1) is 17.0 Å². The third-order valence-electron chi connectivity index (χ3n) is 6.21. The standard InChI is InChI=1S/C26H24BrClF3N3O3S/c27-21-6-10-24(11-7-21)38(36,37)34(17-19-4-8-22(28)9-5-19)18-25(35)33-14-12-32(13-15-33)23-3-1-2-20(16-23)26(29,30)31/h1-11,16H,12-15,17-18H2. The molecule has 202 valence electrons. The molecule has 3 aromatic rings. The maximum Gasteiger partial charge on any atom is 0.416 e. The van der Waals surface area contributed by atoms with Gasteiger partial charge in [0.2, 0.25) is 15.9 Å². The first-order chi connectivity index (χ1) is 17.9. The zero-order valence-corrected chi connectivity index (χ0v) is 23.2. The molecule has 1 saturated heterocycles. The average molecular weight is 631 g/mol. The molecule has 12 heteroatoms. The number of alkyl halides is 3. The van der Waals surface area contributed by atoms with E-state index < -0.39 is 21.8 Å². The first-order valence-corrected chi connectivity index (χ1v) is 14.2. The van der Waals surface area contributed by atoms with Gasteiger partial charge in [0.25, 0.3) is 0 Å². The minimum Gasteiger partial charge on any atom is -0.368 e. The molecule has 3 aromatic carbocycles. The minimum absolute atomic E-state index is 0.0362. The van der Waals surface area contributed by atoms with E-state index >= 15 is 0 Å². The number of nitrogens with zero attached hydrogens (tertiary/aromatic N) is 3. The highest BCUT2D eigenvalue weighted by Crippen LogP contribution is 2.32. The number of rotatable bonds is 7. The maximum atomic E-state index is 13.5. The summed E-state index contributed by atoms with van der Waals surface area (Å²) in [5, 5.41) is 0.505. The van der Waals surface area contributed by atoms with Crippen LogP contribution in [0.1, 0.15) is 11.1 Å². The van der Waals surface area contributed by atoms with E-state index in [9.17, 15) is 26.4 Å². The molecule has 4 rings (SSSR count). The van der Waals surface area contributed by atoms with Crippen molar-refractivity contribution in [3.05, 3.63) is 93.4 Å². The SMILES string of the molecule is O=C(CN(Cc1ccc(Cl)cc1)S(=O)(=O)c1ccc(Br)cc1)N1CCN(c2cccc(C(F)(F)F)c2)CC1. The molecule has 38 heavy (non-hydrogen) atoms. The lowest BCUT2D eigenvalue weighted by molar-refractivity contribution is -0.137. The Morgan fingerprint density at radius 1 is 0.947 bits per heavy atom. The van der Waals surface area contributed by atoms with Gasteiger partial charge in [0.1, 0.15) is 0 Å². The Morgan fingerprint density at radius 3 is 2.18 bits per heavy atom. The minimum atomic E-state index is -4.44. The molecular weight excluding hydrogens is 607 g/mol. The highest BCUT2D eigenvalue weighted by atomic mass is 79.9. The van der Waals surface area contributed by atoms with Crippen LogP contribution in [-0.4, -0.2) is 56.3 Å². The van der Waals surface area contributed by atoms with Crippen LogP contribution in [0.2, 0.25) is 5.02 Å². The Kier molecular flexibility index (Phi) is 8.71. The predicted molar refractivity (Wildman–Crippen MR) is 143 cm³/mol. The summed E-state index contributed by atoms with van der Waals surface area (Å²) in [4.78, 5) is 16.6. The molecule has 1 aliphatic heterocycles. The Labute approximate surface area is 232 Å². The van der Waals surface area contributed by atoms with Gasteiger partial charge in [-0.2, -0.15) is 17.5 Å². The molecule has 0 saturated carbocycles. The van der Waals surface area contributed by atoms with Crippen LogP contribution in [0.5, 0.6) is 0 Å². The molecule has 0 bridgehead atoms. The number of benzene rings is 3. The second-order valence-corrected chi connectivity index (χ2v) is 12.1. The number of sulfonamides is 1. The quantitative estimate of drug-likeness (QED) is 0.338. The molecule has 0 spiro atoms. The first-order valence-electron chi connectivity index (χ1n) is 11.6. The Bertz CT molecular complexity index is 1380. The molecule has 0 radical (unpaired) electrons. The van der Waals surface area contributed by atoms with Crippen molar-refractivity contribution in [1.29, 1.82) is 0 Å². The second-order valence-electron chi connectivity index (χ2n) is 8.77. The third-order valence-corrected chi connectivity index (χ3v) is 8.79. The summed E-state index contributed by atoms with van der Waals surface area (Å²) in [5.74, 6) is -0.386. The van der Waals surface area contributed by atoms with Crippen molar-refractivity contribution >= 4 is 49.1 Å². The molecule has 0 N–H and O–H groups in total. The molecule has 0 atom stereocenters. The van der Waals surface area contributed by atoms with E-state index in [1.807, 2.05) is 0 Å². The smallest absolute Gasteiger partial charge is 0.368 e. The molecular formula is C26H24BrClF3N3O3S. The molecule has 1 heterocycles. The van der Waals surface area contributed by atoms with E-state index in [1.165, 1.54) is 23.1 Å². The van der Waals surface area contributed by atoms with E-state index in [2.05, 4.69) is 15.9 Å². The normalized spacial score (nSPS) is 14.7. The van der Waals surface area contributed by atoms with Crippen molar-refractivity contribution < 1.29 is 26.4 Å². The monoisotopic (exact) mass is 629 g/mol. The molecule has 0 aromatic heterocycles. The van der Waals surface area contributed by atoms with Crippen LogP contribution < -0.4 is 4.90 Å². The van der Waals surface area contributed by atoms with Crippen LogP contribution in [0.3, 0.4) is 0 Å². The van der Waals surface area contributed by atoms with Gasteiger partial charge >= 0.3 is 6.18 Å². The molecule has 0 unspecified atom stereocenters. The number of anilines is 1. The summed E-state index contributed by atoms with van der Waals surface area (Å²) in [6, 6.07) is 17.9. The van der Waals surface area contributed by atoms with Crippen LogP contribution in [-0.2, 0) is 27.5 Å². The van der Waals surface area contributed by atoms with Gasteiger partial charge in [-0.1, -0.05) is 45.7 Å². The summed E-state index contributed by atoms with van der Waals surface area (Å²) >= 11 is 9.26. The average Bonchev–Trinajstić information content (AvgIpc) is 2.89. The van der Waals surface area contributed by atoms with Gasteiger partial charge in [-0.15, -0.1) is 0 Å². The number of hydrogen-bond acceptors (Lipinski definition) is 4. The fourth-order valence-electron chi connectivity index (χ4n) is 4.12. The van der Waals surface area contributed by atoms with E-state index in [0.29, 0.717) is 29.4 Å². The van der Waals surface area contributed by atoms with Crippen LogP contribution >= 0.6 is 27.5 Å². The largest absolute Gasteiger partial charge is 0.416 e. The van der Waals surface area contributed by atoms with Gasteiger partial charge in [-0.05, 0) is 60.2 Å². The fourth-order valence-corrected chi connectivity index (χ4v) is 5.89. The topological polar surface area (TPSA) is 60.9 Å². The first kappa shape index (κ1) is 28.4. The Morgan fingerprint density at radius 2 is 1.58 bits per heavy atom. The van der Waals surface area contributed by atoms with Gasteiger partial charge < -0.3 is 9.80 Å². The summed E-state index contributed by atoms with van der Waals surface area (Å²) < 4.78 is 68.2. The van der Waals surface area contributed by atoms with Crippen molar-refractivity contribution in [2.45, 2.75) is 17.6 Å². The lowest BCUT2D eigenvalue weighted by Crippen LogP contribution is -2.51. The maximum absolute atomic E-state index is 13.5. The van der Waals surface area contributed by atoms with Gasteiger partial charge in [-0.25, -0.2) is 8.42 Å². The zero-order chi connectivity index (χ0) is 27.5. The number of carbonyl (C=O) groups is 1. The number of halogens is 5. The lowest BCUT2D eigenvalue weighted by Gasteiger charge is -2.37. The second kappa shape index (κ2) is 11.6. The van der Waals surface area contributed by atoms with Gasteiger partial charge in [0.15, 0.2) is 0 Å². The van der Waals surface area contributed by atoms with Crippen LogP contribution in [0, 0.1) is 0 Å². The molecule has 1 aliphatic rings. The van der Waals surface area contributed by atoms with E-state index in [1.54, 1.807) is 47.4 Å². The van der Waals surface area contributed by atoms with Crippen molar-refractivity contribution in [2.24, 2.45) is 0 Å². The van der Waals surface area contributed by atoms with Crippen molar-refractivity contribution in [2.75, 3.05) is 37.6 Å². The zero-order valence-electron chi connectivity index (χ0n) is 20.0. The summed E-state index contributed by atoms with van der Waals surface area (Å²) in [6.45, 7) is 0.730. The van der Waals surface area contributed by atoms with E-state index in [0.717, 1.165) is 20.9 Å². The molecule has 0 aliphatic carbocycles. The number of carbonyl (C=O) groups excluding carboxylic acids is 1. The van der Waals surface area contributed by atoms with Crippen LogP contribution in [0.25, 0.3) is 0 Å². The molecule has 1 amide bonds. The van der Waals surface area contributed by atoms with Gasteiger partial charge in [-0.3, -0.25) is 4.79 Å². The van der Waals surface area contributed by atoms with Gasteiger partial charge in [0, 0.05) is 47.9 Å². The highest BCUT2D eigenvalue weighted by Gasteiger charge is 2.32. The van der Waals surface area contributed by atoms with Crippen LogP contribution in [0.15, 0.2) is 82.2 Å². The van der Waals surface area contributed by atoms with Crippen molar-refractivity contribution in [3.63, 3.8) is 0 Å². The Balaban J connectivity index is 1.48. The Hall–Kier alpha value is -2.60. The fraction of sp³-hybridized carbons (Fsp3) is 0.269. The van der Waals surface area contributed by atoms with E-state index in [-0.39, 0.29) is 37.0 Å². The molecule has 6 nitrogen and oxygen atoms in total. The summed E-state index contributed by atoms with van der Waals surface area (Å²) in [7, 11) is -4.02. The number of piperazine rings is 1.